The van der Waals surface area contributed by atoms with Gasteiger partial charge in [0.25, 0.3) is 0 Å². The topological polar surface area (TPSA) is 99.5 Å². The molecule has 0 bridgehead atoms. The van der Waals surface area contributed by atoms with Crippen molar-refractivity contribution in [1.82, 2.24) is 15.6 Å². The summed E-state index contributed by atoms with van der Waals surface area (Å²) in [5.74, 6) is 0. The Labute approximate surface area is 245 Å². The van der Waals surface area contributed by atoms with Crippen LogP contribution in [-0.2, 0) is 21.8 Å². The number of alkyl carbamates (subject to hydrolysis) is 1. The summed E-state index contributed by atoms with van der Waals surface area (Å²) in [6.45, 7) is 3.83. The van der Waals surface area contributed by atoms with E-state index in [1.807, 2.05) is 73.8 Å². The third-order valence-electron chi connectivity index (χ3n) is 7.55. The first kappa shape index (κ1) is 28.2. The molecule has 0 saturated carbocycles. The summed E-state index contributed by atoms with van der Waals surface area (Å²) in [5, 5.41) is 16.9. The van der Waals surface area contributed by atoms with Gasteiger partial charge >= 0.3 is 6.09 Å². The zero-order valence-electron chi connectivity index (χ0n) is 22.8. The van der Waals surface area contributed by atoms with Gasteiger partial charge in [0.05, 0.1) is 16.8 Å². The number of aromatic nitrogens is 1. The molecule has 8 nitrogen and oxygen atoms in total. The maximum atomic E-state index is 13.2. The zero-order chi connectivity index (χ0) is 28.7. The molecule has 9 heteroatoms. The van der Waals surface area contributed by atoms with Crippen molar-refractivity contribution in [3.8, 4) is 6.07 Å². The van der Waals surface area contributed by atoms with E-state index in [0.717, 1.165) is 22.4 Å². The number of piperidine rings is 1. The van der Waals surface area contributed by atoms with E-state index in [-0.39, 0.29) is 6.61 Å². The summed E-state index contributed by atoms with van der Waals surface area (Å²) >= 11 is 6.14. The summed E-state index contributed by atoms with van der Waals surface area (Å²) in [4.78, 5) is 19.6. The molecule has 1 atom stereocenters. The average Bonchev–Trinajstić information content (AvgIpc) is 3.02. The second-order valence-electron chi connectivity index (χ2n) is 10.0. The number of carbonyl (C=O) groups excluding carboxylic acids is 1. The van der Waals surface area contributed by atoms with Crippen LogP contribution < -0.4 is 15.5 Å². The van der Waals surface area contributed by atoms with E-state index in [1.54, 1.807) is 24.5 Å². The minimum absolute atomic E-state index is 0.173. The molecule has 5 rings (SSSR count). The molecule has 2 aromatic carbocycles. The van der Waals surface area contributed by atoms with E-state index >= 15 is 0 Å². The minimum Gasteiger partial charge on any atom is -0.445 e. The van der Waals surface area contributed by atoms with Gasteiger partial charge in [-0.1, -0.05) is 54.1 Å². The van der Waals surface area contributed by atoms with Crippen LogP contribution in [0.15, 0.2) is 97.0 Å². The first-order chi connectivity index (χ1) is 20.0. The van der Waals surface area contributed by atoms with Crippen LogP contribution in [0.25, 0.3) is 0 Å². The highest BCUT2D eigenvalue weighted by Crippen LogP contribution is 2.37. The van der Waals surface area contributed by atoms with Gasteiger partial charge in [0.15, 0.2) is 5.72 Å². The number of nitriles is 1. The number of ether oxygens (including phenoxy) is 2. The van der Waals surface area contributed by atoms with Gasteiger partial charge in [-0.3, -0.25) is 4.98 Å². The summed E-state index contributed by atoms with van der Waals surface area (Å²) in [5.41, 5.74) is 2.47. The normalized spacial score (nSPS) is 19.4. The molecule has 1 aromatic heterocycles. The van der Waals surface area contributed by atoms with E-state index in [4.69, 9.17) is 21.1 Å². The maximum Gasteiger partial charge on any atom is 0.408 e. The average molecular weight is 570 g/mol. The molecule has 1 amide bonds. The van der Waals surface area contributed by atoms with Crippen molar-refractivity contribution in [3.05, 3.63) is 119 Å². The Morgan fingerprint density at radius 2 is 1.98 bits per heavy atom. The van der Waals surface area contributed by atoms with Crippen LogP contribution in [-0.4, -0.2) is 36.3 Å². The number of amides is 1. The largest absolute Gasteiger partial charge is 0.445 e. The van der Waals surface area contributed by atoms with Gasteiger partial charge in [0.2, 0.25) is 0 Å². The molecule has 2 aliphatic rings. The first-order valence-corrected chi connectivity index (χ1v) is 14.0. The van der Waals surface area contributed by atoms with Crippen LogP contribution in [0.4, 0.5) is 10.5 Å². The Bertz CT molecular complexity index is 1460. The number of rotatable bonds is 8. The lowest BCUT2D eigenvalue weighted by atomic mass is 9.79. The molecule has 1 unspecified atom stereocenters. The fourth-order valence-corrected chi connectivity index (χ4v) is 5.56. The third-order valence-corrected chi connectivity index (χ3v) is 7.78. The van der Waals surface area contributed by atoms with Crippen LogP contribution in [0.1, 0.15) is 36.5 Å². The van der Waals surface area contributed by atoms with Crippen LogP contribution in [0.3, 0.4) is 0 Å². The van der Waals surface area contributed by atoms with E-state index < -0.39 is 17.4 Å². The monoisotopic (exact) mass is 569 g/mol. The van der Waals surface area contributed by atoms with Crippen molar-refractivity contribution in [3.63, 3.8) is 0 Å². The molecule has 0 radical (unpaired) electrons. The van der Waals surface area contributed by atoms with E-state index in [1.165, 1.54) is 0 Å². The van der Waals surface area contributed by atoms with E-state index in [9.17, 15) is 10.1 Å². The first-order valence-electron chi connectivity index (χ1n) is 13.6. The van der Waals surface area contributed by atoms with E-state index in [0.29, 0.717) is 43.1 Å². The van der Waals surface area contributed by atoms with Gasteiger partial charge in [0, 0.05) is 48.9 Å². The number of nitrogens with zero attached hydrogens (tertiary/aromatic N) is 3. The predicted molar refractivity (Wildman–Crippen MR) is 158 cm³/mol. The lowest BCUT2D eigenvalue weighted by molar-refractivity contribution is -0.0235. The number of anilines is 1. The Hall–Kier alpha value is -4.32. The van der Waals surface area contributed by atoms with Crippen LogP contribution in [0.2, 0.25) is 5.02 Å². The van der Waals surface area contributed by atoms with Crippen molar-refractivity contribution in [2.24, 2.45) is 0 Å². The van der Waals surface area contributed by atoms with Crippen molar-refractivity contribution < 1.29 is 14.3 Å². The van der Waals surface area contributed by atoms with Crippen LogP contribution in [0, 0.1) is 11.3 Å². The number of halogens is 1. The zero-order valence-corrected chi connectivity index (χ0v) is 23.6. The Morgan fingerprint density at radius 3 is 2.63 bits per heavy atom. The number of dihydropyridines is 1. The molecule has 0 spiro atoms. The number of pyridine rings is 1. The van der Waals surface area contributed by atoms with Gasteiger partial charge in [-0.2, -0.15) is 5.26 Å². The maximum absolute atomic E-state index is 13.2. The number of nitrogens with one attached hydrogen (secondary N) is 2. The Kier molecular flexibility index (Phi) is 8.58. The molecule has 0 aliphatic carbocycles. The molecule has 1 fully saturated rings. The second-order valence-corrected chi connectivity index (χ2v) is 10.5. The third kappa shape index (κ3) is 6.22. The second kappa shape index (κ2) is 12.5. The van der Waals surface area contributed by atoms with Gasteiger partial charge in [-0.25, -0.2) is 4.79 Å². The highest BCUT2D eigenvalue weighted by molar-refractivity contribution is 6.30. The van der Waals surface area contributed by atoms with Crippen molar-refractivity contribution >= 4 is 23.4 Å². The van der Waals surface area contributed by atoms with Crippen LogP contribution >= 0.6 is 11.6 Å². The number of benzene rings is 2. The predicted octanol–water partition coefficient (Wildman–Crippen LogP) is 5.80. The lowest BCUT2D eigenvalue weighted by Crippen LogP contribution is -2.57. The SMILES string of the molecule is CCOC1(c2cccnc2)C=CC(C2(NC(=O)OCc3ccccc3)CCN(c3ccc(Cl)cc3C#N)CC2)=CN1. The highest BCUT2D eigenvalue weighted by atomic mass is 35.5. The summed E-state index contributed by atoms with van der Waals surface area (Å²) in [6, 6.07) is 21.0. The molecular weight excluding hydrogens is 538 g/mol. The van der Waals surface area contributed by atoms with Crippen molar-refractivity contribution in [1.29, 1.82) is 5.26 Å². The van der Waals surface area contributed by atoms with Crippen LogP contribution in [0.5, 0.6) is 0 Å². The van der Waals surface area contributed by atoms with Crippen molar-refractivity contribution in [2.75, 3.05) is 24.6 Å². The van der Waals surface area contributed by atoms with E-state index in [2.05, 4.69) is 26.6 Å². The molecule has 2 aliphatic heterocycles. The lowest BCUT2D eigenvalue weighted by Gasteiger charge is -2.45. The molecule has 3 aromatic rings. The number of hydrogen-bond donors (Lipinski definition) is 2. The fraction of sp³-hybridized carbons (Fsp3) is 0.281. The van der Waals surface area contributed by atoms with Gasteiger partial charge in [-0.15, -0.1) is 0 Å². The number of hydrogen-bond acceptors (Lipinski definition) is 7. The molecule has 3 heterocycles. The smallest absolute Gasteiger partial charge is 0.408 e. The highest BCUT2D eigenvalue weighted by Gasteiger charge is 2.42. The molecule has 2 N–H and O–H groups in total. The Balaban J connectivity index is 1.39. The Morgan fingerprint density at radius 1 is 1.17 bits per heavy atom. The minimum atomic E-state index is -0.868. The summed E-state index contributed by atoms with van der Waals surface area (Å²) in [6.07, 6.45) is 10.1. The van der Waals surface area contributed by atoms with Gasteiger partial charge in [-0.05, 0) is 61.2 Å². The molecule has 1 saturated heterocycles. The standard InChI is InChI=1S/C32H32ClN5O3/c1-2-41-32(27-9-6-16-35-21-27)13-12-26(22-36-32)31(37-30(39)40-23-24-7-4-3-5-8-24)14-17-38(18-15-31)29-11-10-28(33)19-25(29)20-34/h3-13,16,19,21-22,36H,2,14-15,17-18,23H2,1H3,(H,37,39). The summed E-state index contributed by atoms with van der Waals surface area (Å²) < 4.78 is 11.8. The van der Waals surface area contributed by atoms with Gasteiger partial charge < -0.3 is 25.0 Å². The van der Waals surface area contributed by atoms with Crippen molar-refractivity contribution in [2.45, 2.75) is 37.6 Å². The molecular formula is C32H32ClN5O3. The quantitative estimate of drug-likeness (QED) is 0.353. The van der Waals surface area contributed by atoms with Gasteiger partial charge in [0.1, 0.15) is 12.7 Å². The molecule has 41 heavy (non-hydrogen) atoms. The summed E-state index contributed by atoms with van der Waals surface area (Å²) in [7, 11) is 0. The molecule has 210 valence electrons. The fourth-order valence-electron chi connectivity index (χ4n) is 5.39. The number of carbonyl (C=O) groups is 1.